The topological polar surface area (TPSA) is 74.7 Å². The summed E-state index contributed by atoms with van der Waals surface area (Å²) in [7, 11) is 0. The van der Waals surface area contributed by atoms with Crippen LogP contribution in [0.25, 0.3) is 0 Å². The summed E-state index contributed by atoms with van der Waals surface area (Å²) in [6.45, 7) is 0.829. The molecule has 2 rings (SSSR count). The van der Waals surface area contributed by atoms with Crippen molar-refractivity contribution in [2.45, 2.75) is 19.3 Å². The highest BCUT2D eigenvalue weighted by molar-refractivity contribution is 6.07. The molecule has 1 aliphatic rings. The van der Waals surface area contributed by atoms with E-state index in [0.717, 1.165) is 0 Å². The lowest BCUT2D eigenvalue weighted by Crippen LogP contribution is -2.40. The lowest BCUT2D eigenvalue weighted by atomic mass is 9.96. The first-order chi connectivity index (χ1) is 9.58. The van der Waals surface area contributed by atoms with Gasteiger partial charge in [0.05, 0.1) is 12.3 Å². The van der Waals surface area contributed by atoms with Crippen molar-refractivity contribution < 1.29 is 19.5 Å². The Labute approximate surface area is 117 Å². The zero-order valence-corrected chi connectivity index (χ0v) is 11.1. The zero-order chi connectivity index (χ0) is 14.5. The molecule has 0 saturated carbocycles. The van der Waals surface area contributed by atoms with Crippen molar-refractivity contribution in [3.63, 3.8) is 0 Å². The largest absolute Gasteiger partial charge is 0.481 e. The number of hydrogen-bond acceptors (Lipinski definition) is 3. The number of aliphatic carboxylic acids is 1. The van der Waals surface area contributed by atoms with Crippen LogP contribution in [0.2, 0.25) is 0 Å². The number of carboxylic acids is 1. The third-order valence-corrected chi connectivity index (χ3v) is 3.60. The summed E-state index contributed by atoms with van der Waals surface area (Å²) < 4.78 is 0. The van der Waals surface area contributed by atoms with Gasteiger partial charge in [0.2, 0.25) is 5.91 Å². The van der Waals surface area contributed by atoms with E-state index in [1.807, 2.05) is 6.07 Å². The molecular formula is C15H17NO4. The fraction of sp³-hybridized carbons (Fsp3) is 0.400. The number of hydrogen-bond donors (Lipinski definition) is 1. The first-order valence-electron chi connectivity index (χ1n) is 6.67. The summed E-state index contributed by atoms with van der Waals surface area (Å²) >= 11 is 0. The van der Waals surface area contributed by atoms with Crippen LogP contribution in [0.15, 0.2) is 30.3 Å². The first-order valence-corrected chi connectivity index (χ1v) is 6.67. The van der Waals surface area contributed by atoms with Gasteiger partial charge < -0.3 is 10.0 Å². The third kappa shape index (κ3) is 3.44. The van der Waals surface area contributed by atoms with E-state index in [0.29, 0.717) is 31.5 Å². The van der Waals surface area contributed by atoms with Crippen molar-refractivity contribution in [1.29, 1.82) is 0 Å². The van der Waals surface area contributed by atoms with Crippen molar-refractivity contribution in [2.24, 2.45) is 5.92 Å². The summed E-state index contributed by atoms with van der Waals surface area (Å²) in [5.74, 6) is -1.60. The number of carboxylic acid groups (broad SMARTS) is 1. The summed E-state index contributed by atoms with van der Waals surface area (Å²) in [6, 6.07) is 8.71. The van der Waals surface area contributed by atoms with Crippen LogP contribution in [0, 0.1) is 5.92 Å². The SMILES string of the molecule is O=C(CC(=O)N1CCC(C(=O)O)CC1)c1ccccc1. The zero-order valence-electron chi connectivity index (χ0n) is 11.1. The van der Waals surface area contributed by atoms with Crippen LogP contribution >= 0.6 is 0 Å². The molecule has 1 saturated heterocycles. The Morgan fingerprint density at radius 2 is 1.70 bits per heavy atom. The molecule has 1 aromatic carbocycles. The molecule has 20 heavy (non-hydrogen) atoms. The minimum absolute atomic E-state index is 0.151. The van der Waals surface area contributed by atoms with E-state index < -0.39 is 5.97 Å². The Kier molecular flexibility index (Phi) is 4.50. The number of carbonyl (C=O) groups is 3. The number of nitrogens with zero attached hydrogens (tertiary/aromatic N) is 1. The van der Waals surface area contributed by atoms with Crippen molar-refractivity contribution >= 4 is 17.7 Å². The fourth-order valence-corrected chi connectivity index (χ4v) is 2.35. The van der Waals surface area contributed by atoms with Crippen molar-refractivity contribution in [3.05, 3.63) is 35.9 Å². The fourth-order valence-electron chi connectivity index (χ4n) is 2.35. The minimum Gasteiger partial charge on any atom is -0.481 e. The maximum atomic E-state index is 12.0. The highest BCUT2D eigenvalue weighted by atomic mass is 16.4. The quantitative estimate of drug-likeness (QED) is 0.668. The molecule has 0 unspecified atom stereocenters. The van der Waals surface area contributed by atoms with Gasteiger partial charge in [-0.15, -0.1) is 0 Å². The van der Waals surface area contributed by atoms with Crippen molar-refractivity contribution in [2.75, 3.05) is 13.1 Å². The number of ketones is 1. The Hall–Kier alpha value is -2.17. The maximum Gasteiger partial charge on any atom is 0.306 e. The molecule has 1 heterocycles. The summed E-state index contributed by atoms with van der Waals surface area (Å²) in [5.41, 5.74) is 0.529. The van der Waals surface area contributed by atoms with Gasteiger partial charge in [0.25, 0.3) is 0 Å². The van der Waals surface area contributed by atoms with Gasteiger partial charge in [0.1, 0.15) is 0 Å². The van der Waals surface area contributed by atoms with E-state index in [9.17, 15) is 14.4 Å². The van der Waals surface area contributed by atoms with Gasteiger partial charge in [0.15, 0.2) is 5.78 Å². The number of rotatable bonds is 4. The van der Waals surface area contributed by atoms with E-state index in [4.69, 9.17) is 5.11 Å². The summed E-state index contributed by atoms with van der Waals surface area (Å²) in [6.07, 6.45) is 0.767. The second-order valence-electron chi connectivity index (χ2n) is 4.96. The number of piperidine rings is 1. The Morgan fingerprint density at radius 1 is 1.10 bits per heavy atom. The van der Waals surface area contributed by atoms with Crippen LogP contribution in [0.4, 0.5) is 0 Å². The molecule has 0 aliphatic carbocycles. The van der Waals surface area contributed by atoms with Gasteiger partial charge in [-0.25, -0.2) is 0 Å². The van der Waals surface area contributed by atoms with Crippen molar-refractivity contribution in [3.8, 4) is 0 Å². The average Bonchev–Trinajstić information content (AvgIpc) is 2.48. The van der Waals surface area contributed by atoms with Gasteiger partial charge in [0, 0.05) is 18.7 Å². The Bertz CT molecular complexity index is 504. The Morgan fingerprint density at radius 3 is 2.25 bits per heavy atom. The molecule has 5 heteroatoms. The molecule has 1 fully saturated rings. The molecular weight excluding hydrogens is 258 g/mol. The second-order valence-corrected chi connectivity index (χ2v) is 4.96. The number of carbonyl (C=O) groups excluding carboxylic acids is 2. The normalized spacial score (nSPS) is 15.9. The van der Waals surface area contributed by atoms with Crippen LogP contribution < -0.4 is 0 Å². The van der Waals surface area contributed by atoms with Crippen molar-refractivity contribution in [1.82, 2.24) is 4.90 Å². The van der Waals surface area contributed by atoms with Crippen LogP contribution in [0.1, 0.15) is 29.6 Å². The molecule has 1 aliphatic heterocycles. The van der Waals surface area contributed by atoms with E-state index >= 15 is 0 Å². The maximum absolute atomic E-state index is 12.0. The second kappa shape index (κ2) is 6.32. The van der Waals surface area contributed by atoms with Gasteiger partial charge in [-0.05, 0) is 12.8 Å². The van der Waals surface area contributed by atoms with Gasteiger partial charge in [-0.1, -0.05) is 30.3 Å². The number of Topliss-reactive ketones (excluding diaryl/α,β-unsaturated/α-hetero) is 1. The van der Waals surface area contributed by atoms with Crippen LogP contribution in [0.3, 0.4) is 0 Å². The van der Waals surface area contributed by atoms with E-state index in [1.54, 1.807) is 29.2 Å². The molecule has 1 amide bonds. The molecule has 5 nitrogen and oxygen atoms in total. The highest BCUT2D eigenvalue weighted by Crippen LogP contribution is 2.18. The van der Waals surface area contributed by atoms with Gasteiger partial charge in [-0.2, -0.15) is 0 Å². The monoisotopic (exact) mass is 275 g/mol. The molecule has 0 atom stereocenters. The molecule has 106 valence electrons. The molecule has 0 radical (unpaired) electrons. The molecule has 0 spiro atoms. The number of likely N-dealkylation sites (tertiary alicyclic amines) is 1. The third-order valence-electron chi connectivity index (χ3n) is 3.60. The molecule has 1 aromatic rings. The van der Waals surface area contributed by atoms with E-state index in [-0.39, 0.29) is 24.0 Å². The molecule has 0 bridgehead atoms. The van der Waals surface area contributed by atoms with Crippen LogP contribution in [0.5, 0.6) is 0 Å². The summed E-state index contributed by atoms with van der Waals surface area (Å²) in [4.78, 5) is 36.4. The minimum atomic E-state index is -0.808. The predicted octanol–water partition coefficient (Wildman–Crippen LogP) is 1.58. The molecule has 1 N–H and O–H groups in total. The van der Waals surface area contributed by atoms with E-state index in [1.165, 1.54) is 0 Å². The summed E-state index contributed by atoms with van der Waals surface area (Å²) in [5, 5.41) is 8.90. The first kappa shape index (κ1) is 14.2. The number of benzene rings is 1. The highest BCUT2D eigenvalue weighted by Gasteiger charge is 2.27. The van der Waals surface area contributed by atoms with Gasteiger partial charge >= 0.3 is 5.97 Å². The van der Waals surface area contributed by atoms with Crippen LogP contribution in [-0.2, 0) is 9.59 Å². The molecule has 0 aromatic heterocycles. The average molecular weight is 275 g/mol. The van der Waals surface area contributed by atoms with E-state index in [2.05, 4.69) is 0 Å². The number of amides is 1. The van der Waals surface area contributed by atoms with Crippen LogP contribution in [-0.4, -0.2) is 40.8 Å². The standard InChI is InChI=1S/C15H17NO4/c17-13(11-4-2-1-3-5-11)10-14(18)16-8-6-12(7-9-16)15(19)20/h1-5,12H,6-10H2,(H,19,20). The van der Waals surface area contributed by atoms with Gasteiger partial charge in [-0.3, -0.25) is 14.4 Å². The Balaban J connectivity index is 1.87. The smallest absolute Gasteiger partial charge is 0.306 e. The predicted molar refractivity (Wildman–Crippen MR) is 72.3 cm³/mol. The lowest BCUT2D eigenvalue weighted by molar-refractivity contribution is -0.145. The lowest BCUT2D eigenvalue weighted by Gasteiger charge is -2.30.